The molecule has 0 aliphatic heterocycles. The first-order valence-corrected chi connectivity index (χ1v) is 8.14. The largest absolute Gasteiger partial charge is 0.373 e. The van der Waals surface area contributed by atoms with Gasteiger partial charge in [-0.1, -0.05) is 13.8 Å². The standard InChI is InChI=1S/C16H29N5/c1-6-21(7-2)10-11(3)18-15-12(4)14(17-5)19-16(20-15)13-8-9-13/h11,13H,6-10H2,1-5H3,(H2,17,18,19,20). The predicted molar refractivity (Wildman–Crippen MR) is 89.2 cm³/mol. The maximum absolute atomic E-state index is 4.76. The molecule has 1 aliphatic carbocycles. The van der Waals surface area contributed by atoms with E-state index in [4.69, 9.17) is 4.98 Å². The van der Waals surface area contributed by atoms with Crippen LogP contribution in [-0.2, 0) is 0 Å². The van der Waals surface area contributed by atoms with E-state index in [-0.39, 0.29) is 0 Å². The Hall–Kier alpha value is -1.36. The van der Waals surface area contributed by atoms with Gasteiger partial charge < -0.3 is 15.5 Å². The van der Waals surface area contributed by atoms with Crippen molar-refractivity contribution >= 4 is 11.6 Å². The van der Waals surface area contributed by atoms with Gasteiger partial charge in [-0.05, 0) is 39.8 Å². The Morgan fingerprint density at radius 2 is 1.81 bits per heavy atom. The summed E-state index contributed by atoms with van der Waals surface area (Å²) >= 11 is 0. The third-order valence-corrected chi connectivity index (χ3v) is 4.15. The van der Waals surface area contributed by atoms with Crippen LogP contribution in [-0.4, -0.2) is 47.6 Å². The number of hydrogen-bond acceptors (Lipinski definition) is 5. The minimum atomic E-state index is 0.371. The Morgan fingerprint density at radius 3 is 2.33 bits per heavy atom. The molecule has 5 heteroatoms. The Kier molecular flexibility index (Phi) is 5.39. The molecule has 1 unspecified atom stereocenters. The predicted octanol–water partition coefficient (Wildman–Crippen LogP) is 2.85. The second-order valence-electron chi connectivity index (χ2n) is 5.96. The van der Waals surface area contributed by atoms with E-state index in [1.54, 1.807) is 0 Å². The summed E-state index contributed by atoms with van der Waals surface area (Å²) in [5, 5.41) is 6.77. The normalized spacial score (nSPS) is 16.1. The summed E-state index contributed by atoms with van der Waals surface area (Å²) in [5.74, 6) is 3.49. The molecular formula is C16H29N5. The Labute approximate surface area is 128 Å². The van der Waals surface area contributed by atoms with Gasteiger partial charge in [0.25, 0.3) is 0 Å². The molecule has 1 atom stereocenters. The number of rotatable bonds is 8. The fourth-order valence-electron chi connectivity index (χ4n) is 2.59. The van der Waals surface area contributed by atoms with Crippen molar-refractivity contribution in [3.05, 3.63) is 11.4 Å². The molecule has 2 N–H and O–H groups in total. The lowest BCUT2D eigenvalue weighted by Gasteiger charge is -2.24. The molecule has 1 fully saturated rings. The number of nitrogens with one attached hydrogen (secondary N) is 2. The van der Waals surface area contributed by atoms with Crippen LogP contribution in [0.4, 0.5) is 11.6 Å². The topological polar surface area (TPSA) is 53.1 Å². The molecule has 0 saturated heterocycles. The summed E-state index contributed by atoms with van der Waals surface area (Å²) in [5.41, 5.74) is 1.10. The van der Waals surface area contributed by atoms with Crippen molar-refractivity contribution in [3.8, 4) is 0 Å². The third-order valence-electron chi connectivity index (χ3n) is 4.15. The van der Waals surface area contributed by atoms with Gasteiger partial charge in [-0.15, -0.1) is 0 Å². The van der Waals surface area contributed by atoms with E-state index < -0.39 is 0 Å². The van der Waals surface area contributed by atoms with Gasteiger partial charge in [0.15, 0.2) is 0 Å². The van der Waals surface area contributed by atoms with E-state index in [9.17, 15) is 0 Å². The van der Waals surface area contributed by atoms with Crippen molar-refractivity contribution in [2.24, 2.45) is 0 Å². The maximum Gasteiger partial charge on any atom is 0.136 e. The summed E-state index contributed by atoms with van der Waals surface area (Å²) in [7, 11) is 1.93. The van der Waals surface area contributed by atoms with Crippen LogP contribution in [0.15, 0.2) is 0 Å². The first-order chi connectivity index (χ1) is 10.1. The van der Waals surface area contributed by atoms with E-state index in [0.717, 1.165) is 42.7 Å². The molecule has 0 spiro atoms. The number of anilines is 2. The van der Waals surface area contributed by atoms with E-state index in [0.29, 0.717) is 12.0 Å². The van der Waals surface area contributed by atoms with Gasteiger partial charge >= 0.3 is 0 Å². The van der Waals surface area contributed by atoms with Crippen LogP contribution in [0.3, 0.4) is 0 Å². The number of likely N-dealkylation sites (N-methyl/N-ethyl adjacent to an activating group) is 1. The van der Waals surface area contributed by atoms with Crippen molar-refractivity contribution in [2.75, 3.05) is 37.3 Å². The van der Waals surface area contributed by atoms with Crippen LogP contribution < -0.4 is 10.6 Å². The van der Waals surface area contributed by atoms with Crippen LogP contribution in [0.5, 0.6) is 0 Å². The van der Waals surface area contributed by atoms with Crippen LogP contribution in [0.1, 0.15) is 50.9 Å². The quantitative estimate of drug-likeness (QED) is 0.771. The van der Waals surface area contributed by atoms with Gasteiger partial charge in [0.05, 0.1) is 0 Å². The monoisotopic (exact) mass is 291 g/mol. The van der Waals surface area contributed by atoms with Crippen LogP contribution >= 0.6 is 0 Å². The molecule has 0 bridgehead atoms. The van der Waals surface area contributed by atoms with Crippen molar-refractivity contribution in [3.63, 3.8) is 0 Å². The average Bonchev–Trinajstić information content (AvgIpc) is 3.31. The Morgan fingerprint density at radius 1 is 1.19 bits per heavy atom. The maximum atomic E-state index is 4.76. The molecule has 0 amide bonds. The number of hydrogen-bond donors (Lipinski definition) is 2. The fourth-order valence-corrected chi connectivity index (χ4v) is 2.59. The van der Waals surface area contributed by atoms with Gasteiger partial charge in [-0.25, -0.2) is 9.97 Å². The average molecular weight is 291 g/mol. The Balaban J connectivity index is 2.12. The third kappa shape index (κ3) is 4.06. The summed E-state index contributed by atoms with van der Waals surface area (Å²) in [6.45, 7) is 11.9. The van der Waals surface area contributed by atoms with Crippen LogP contribution in [0.2, 0.25) is 0 Å². The molecule has 5 nitrogen and oxygen atoms in total. The lowest BCUT2D eigenvalue weighted by Crippen LogP contribution is -2.35. The van der Waals surface area contributed by atoms with Crippen molar-refractivity contribution < 1.29 is 0 Å². The molecule has 1 saturated carbocycles. The van der Waals surface area contributed by atoms with Crippen molar-refractivity contribution in [1.82, 2.24) is 14.9 Å². The van der Waals surface area contributed by atoms with Gasteiger partial charge in [-0.2, -0.15) is 0 Å². The summed E-state index contributed by atoms with van der Waals surface area (Å²) < 4.78 is 0. The lowest BCUT2D eigenvalue weighted by molar-refractivity contribution is 0.294. The summed E-state index contributed by atoms with van der Waals surface area (Å²) in [6, 6.07) is 0.371. The second-order valence-corrected chi connectivity index (χ2v) is 5.96. The molecule has 1 aliphatic rings. The molecule has 2 rings (SSSR count). The van der Waals surface area contributed by atoms with Crippen molar-refractivity contribution in [1.29, 1.82) is 0 Å². The molecule has 0 radical (unpaired) electrons. The number of aromatic nitrogens is 2. The van der Waals surface area contributed by atoms with Crippen LogP contribution in [0.25, 0.3) is 0 Å². The minimum absolute atomic E-state index is 0.371. The zero-order valence-electron chi connectivity index (χ0n) is 14.0. The second kappa shape index (κ2) is 7.07. The molecule has 118 valence electrons. The zero-order chi connectivity index (χ0) is 15.4. The van der Waals surface area contributed by atoms with E-state index in [1.165, 1.54) is 12.8 Å². The fraction of sp³-hybridized carbons (Fsp3) is 0.750. The Bertz CT molecular complexity index is 466. The van der Waals surface area contributed by atoms with E-state index in [2.05, 4.69) is 48.2 Å². The lowest BCUT2D eigenvalue weighted by atomic mass is 10.2. The first kappa shape index (κ1) is 16.0. The highest BCUT2D eigenvalue weighted by molar-refractivity contribution is 5.57. The van der Waals surface area contributed by atoms with E-state index >= 15 is 0 Å². The molecule has 1 heterocycles. The van der Waals surface area contributed by atoms with E-state index in [1.807, 2.05) is 7.05 Å². The molecule has 1 aromatic heterocycles. The van der Waals surface area contributed by atoms with Gasteiger partial charge in [0.2, 0.25) is 0 Å². The van der Waals surface area contributed by atoms with Crippen molar-refractivity contribution in [2.45, 2.75) is 52.5 Å². The highest BCUT2D eigenvalue weighted by Gasteiger charge is 2.28. The number of nitrogens with zero attached hydrogens (tertiary/aromatic N) is 3. The minimum Gasteiger partial charge on any atom is -0.373 e. The molecule has 21 heavy (non-hydrogen) atoms. The zero-order valence-corrected chi connectivity index (χ0v) is 14.0. The first-order valence-electron chi connectivity index (χ1n) is 8.14. The highest BCUT2D eigenvalue weighted by Crippen LogP contribution is 2.39. The van der Waals surface area contributed by atoms with Gasteiger partial charge in [0.1, 0.15) is 17.5 Å². The van der Waals surface area contributed by atoms with Crippen LogP contribution in [0, 0.1) is 6.92 Å². The van der Waals surface area contributed by atoms with Gasteiger partial charge in [0, 0.05) is 31.1 Å². The summed E-state index contributed by atoms with van der Waals surface area (Å²) in [6.07, 6.45) is 2.45. The molecular weight excluding hydrogens is 262 g/mol. The SMILES string of the molecule is CCN(CC)CC(C)Nc1nc(C2CC2)nc(NC)c1C. The summed E-state index contributed by atoms with van der Waals surface area (Å²) in [4.78, 5) is 11.8. The molecule has 1 aromatic rings. The highest BCUT2D eigenvalue weighted by atomic mass is 15.2. The smallest absolute Gasteiger partial charge is 0.136 e. The molecule has 0 aromatic carbocycles. The van der Waals surface area contributed by atoms with Gasteiger partial charge in [-0.3, -0.25) is 0 Å².